The Labute approximate surface area is 187 Å². The third kappa shape index (κ3) is 4.06. The number of rotatable bonds is 7. The van der Waals surface area contributed by atoms with Crippen molar-refractivity contribution in [2.75, 3.05) is 27.3 Å². The van der Waals surface area contributed by atoms with E-state index in [0.29, 0.717) is 40.2 Å². The number of aryl methyl sites for hydroxylation is 2. The predicted octanol–water partition coefficient (Wildman–Crippen LogP) is 3.28. The summed E-state index contributed by atoms with van der Waals surface area (Å²) in [4.78, 5) is 32.1. The minimum absolute atomic E-state index is 0.189. The summed E-state index contributed by atoms with van der Waals surface area (Å²) in [6, 6.07) is 3.37. The summed E-state index contributed by atoms with van der Waals surface area (Å²) >= 11 is 2.63. The van der Waals surface area contributed by atoms with Crippen LogP contribution in [0.1, 0.15) is 37.0 Å². The number of nitrogens with two attached hydrogens (primary N) is 1. The number of ether oxygens (including phenoxy) is 2. The standard InChI is InChI=1S/C21H22N4O4S2/c1-11-15(7-6-14(24-11)20(27)25(2)8-9-28-3)29-21-16-13(18(30-21)19(22)26)5-4-12-10-23-31-17(12)16/h6-7,10H,4-5,8-9H2,1-3H3,(H2,22,26). The third-order valence-corrected chi connectivity index (χ3v) is 7.14. The Bertz CT molecular complexity index is 1150. The molecule has 10 heteroatoms. The van der Waals surface area contributed by atoms with Gasteiger partial charge in [0.05, 0.1) is 27.6 Å². The fourth-order valence-corrected chi connectivity index (χ4v) is 5.49. The quantitative estimate of drug-likeness (QED) is 0.582. The molecule has 0 fully saturated rings. The number of carbonyl (C=O) groups excluding carboxylic acids is 2. The monoisotopic (exact) mass is 458 g/mol. The molecule has 8 nitrogen and oxygen atoms in total. The Balaban J connectivity index is 1.65. The molecular weight excluding hydrogens is 436 g/mol. The lowest BCUT2D eigenvalue weighted by atomic mass is 9.93. The van der Waals surface area contributed by atoms with E-state index in [1.807, 2.05) is 6.20 Å². The topological polar surface area (TPSA) is 108 Å². The number of fused-ring (bicyclic) bond motifs is 3. The smallest absolute Gasteiger partial charge is 0.272 e. The van der Waals surface area contributed by atoms with Crippen LogP contribution in [0.5, 0.6) is 10.8 Å². The molecule has 0 saturated carbocycles. The zero-order valence-electron chi connectivity index (χ0n) is 17.4. The van der Waals surface area contributed by atoms with Crippen molar-refractivity contribution in [3.05, 3.63) is 45.7 Å². The van der Waals surface area contributed by atoms with Gasteiger partial charge in [-0.1, -0.05) is 11.3 Å². The Morgan fingerprint density at radius 3 is 2.81 bits per heavy atom. The lowest BCUT2D eigenvalue weighted by Gasteiger charge is -2.17. The molecule has 1 aliphatic rings. The van der Waals surface area contributed by atoms with E-state index in [4.69, 9.17) is 15.2 Å². The van der Waals surface area contributed by atoms with E-state index >= 15 is 0 Å². The average Bonchev–Trinajstić information content (AvgIpc) is 3.37. The van der Waals surface area contributed by atoms with Gasteiger partial charge in [0.15, 0.2) is 5.06 Å². The number of primary amides is 1. The number of hydrogen-bond donors (Lipinski definition) is 1. The number of hydrogen-bond acceptors (Lipinski definition) is 8. The summed E-state index contributed by atoms with van der Waals surface area (Å²) in [7, 11) is 3.30. The van der Waals surface area contributed by atoms with Crippen molar-refractivity contribution >= 4 is 34.7 Å². The van der Waals surface area contributed by atoms with E-state index in [0.717, 1.165) is 34.4 Å². The number of nitrogens with zero attached hydrogens (tertiary/aromatic N) is 3. The fourth-order valence-electron chi connectivity index (χ4n) is 3.49. The molecule has 2 amide bonds. The van der Waals surface area contributed by atoms with E-state index in [1.165, 1.54) is 22.9 Å². The van der Waals surface area contributed by atoms with Gasteiger partial charge in [-0.15, -0.1) is 0 Å². The first-order valence-electron chi connectivity index (χ1n) is 9.70. The molecule has 31 heavy (non-hydrogen) atoms. The highest BCUT2D eigenvalue weighted by atomic mass is 32.1. The van der Waals surface area contributed by atoms with Crippen LogP contribution in [0.2, 0.25) is 0 Å². The number of pyridine rings is 1. The normalized spacial score (nSPS) is 12.2. The molecule has 0 saturated heterocycles. The van der Waals surface area contributed by atoms with Crippen LogP contribution in [0.25, 0.3) is 10.4 Å². The van der Waals surface area contributed by atoms with Crippen LogP contribution in [0.15, 0.2) is 18.3 Å². The second-order valence-electron chi connectivity index (χ2n) is 7.22. The van der Waals surface area contributed by atoms with Crippen molar-refractivity contribution in [2.45, 2.75) is 19.8 Å². The van der Waals surface area contributed by atoms with Gasteiger partial charge < -0.3 is 20.1 Å². The largest absolute Gasteiger partial charge is 0.444 e. The molecule has 4 rings (SSSR count). The van der Waals surface area contributed by atoms with Gasteiger partial charge in [0.2, 0.25) is 0 Å². The molecule has 2 N–H and O–H groups in total. The Kier molecular flexibility index (Phi) is 6.03. The highest BCUT2D eigenvalue weighted by molar-refractivity contribution is 7.17. The minimum atomic E-state index is -0.459. The van der Waals surface area contributed by atoms with Crippen LogP contribution in [0.4, 0.5) is 0 Å². The highest BCUT2D eigenvalue weighted by Gasteiger charge is 2.30. The summed E-state index contributed by atoms with van der Waals surface area (Å²) in [5.41, 5.74) is 9.49. The van der Waals surface area contributed by atoms with Crippen molar-refractivity contribution in [3.8, 4) is 21.3 Å². The van der Waals surface area contributed by atoms with E-state index < -0.39 is 5.91 Å². The predicted molar refractivity (Wildman–Crippen MR) is 119 cm³/mol. The first-order valence-corrected chi connectivity index (χ1v) is 11.3. The molecule has 0 spiro atoms. The van der Waals surface area contributed by atoms with Gasteiger partial charge in [-0.3, -0.25) is 9.59 Å². The van der Waals surface area contributed by atoms with Crippen molar-refractivity contribution in [2.24, 2.45) is 5.73 Å². The van der Waals surface area contributed by atoms with Crippen molar-refractivity contribution in [1.29, 1.82) is 0 Å². The number of aromatic nitrogens is 2. The molecule has 0 aliphatic heterocycles. The Morgan fingerprint density at radius 2 is 2.10 bits per heavy atom. The molecule has 3 aromatic rings. The number of likely N-dealkylation sites (N-methyl/N-ethyl adjacent to an activating group) is 1. The zero-order chi connectivity index (χ0) is 22.1. The lowest BCUT2D eigenvalue weighted by Crippen LogP contribution is -2.30. The minimum Gasteiger partial charge on any atom is -0.444 e. The van der Waals surface area contributed by atoms with Gasteiger partial charge in [0, 0.05) is 26.9 Å². The summed E-state index contributed by atoms with van der Waals surface area (Å²) in [5.74, 6) is -0.128. The number of amides is 2. The highest BCUT2D eigenvalue weighted by Crippen LogP contribution is 2.50. The van der Waals surface area contributed by atoms with Gasteiger partial charge in [-0.2, -0.15) is 0 Å². The molecule has 0 bridgehead atoms. The van der Waals surface area contributed by atoms with Crippen molar-refractivity contribution < 1.29 is 19.1 Å². The van der Waals surface area contributed by atoms with Gasteiger partial charge >= 0.3 is 0 Å². The maximum Gasteiger partial charge on any atom is 0.272 e. The van der Waals surface area contributed by atoms with Gasteiger partial charge in [0.1, 0.15) is 11.4 Å². The molecule has 3 heterocycles. The summed E-state index contributed by atoms with van der Waals surface area (Å²) < 4.78 is 15.5. The third-order valence-electron chi connectivity index (χ3n) is 5.15. The van der Waals surface area contributed by atoms with Crippen LogP contribution in [-0.2, 0) is 17.6 Å². The van der Waals surface area contributed by atoms with Gasteiger partial charge in [-0.05, 0) is 54.6 Å². The van der Waals surface area contributed by atoms with Crippen LogP contribution < -0.4 is 10.5 Å². The average molecular weight is 459 g/mol. The summed E-state index contributed by atoms with van der Waals surface area (Å²) in [5, 5.41) is 0.593. The molecule has 1 aliphatic carbocycles. The fraction of sp³-hybridized carbons (Fsp3) is 0.333. The van der Waals surface area contributed by atoms with Crippen molar-refractivity contribution in [3.63, 3.8) is 0 Å². The molecule has 0 atom stereocenters. The Morgan fingerprint density at radius 1 is 1.29 bits per heavy atom. The van der Waals surface area contributed by atoms with E-state index in [1.54, 1.807) is 38.1 Å². The van der Waals surface area contributed by atoms with Crippen molar-refractivity contribution in [1.82, 2.24) is 14.3 Å². The second-order valence-corrected chi connectivity index (χ2v) is 9.00. The SMILES string of the molecule is COCCN(C)C(=O)c1ccc(Oc2sc(C(N)=O)c3c2-c2sncc2CC3)c(C)n1. The molecule has 0 aromatic carbocycles. The molecular formula is C21H22N4O4S2. The van der Waals surface area contributed by atoms with Crippen LogP contribution in [0.3, 0.4) is 0 Å². The first kappa shape index (κ1) is 21.4. The molecule has 3 aromatic heterocycles. The lowest BCUT2D eigenvalue weighted by molar-refractivity contribution is 0.0738. The number of carbonyl (C=O) groups is 2. The molecule has 162 valence electrons. The number of methoxy groups -OCH3 is 1. The maximum absolute atomic E-state index is 12.6. The number of thiophene rings is 1. The van der Waals surface area contributed by atoms with Crippen LogP contribution >= 0.6 is 22.9 Å². The maximum atomic E-state index is 12.6. The molecule has 0 unspecified atom stereocenters. The Hall–Kier alpha value is -2.82. The second kappa shape index (κ2) is 8.74. The van der Waals surface area contributed by atoms with E-state index in [2.05, 4.69) is 9.36 Å². The van der Waals surface area contributed by atoms with Gasteiger partial charge in [0.25, 0.3) is 11.8 Å². The molecule has 0 radical (unpaired) electrons. The zero-order valence-corrected chi connectivity index (χ0v) is 19.1. The summed E-state index contributed by atoms with van der Waals surface area (Å²) in [6.07, 6.45) is 3.41. The van der Waals surface area contributed by atoms with Gasteiger partial charge in [-0.25, -0.2) is 9.36 Å². The first-order chi connectivity index (χ1) is 14.9. The van der Waals surface area contributed by atoms with Crippen LogP contribution in [-0.4, -0.2) is 53.4 Å². The van der Waals surface area contributed by atoms with E-state index in [9.17, 15) is 9.59 Å². The summed E-state index contributed by atoms with van der Waals surface area (Å²) in [6.45, 7) is 2.71. The van der Waals surface area contributed by atoms with Crippen LogP contribution in [0, 0.1) is 6.92 Å². The van der Waals surface area contributed by atoms with E-state index in [-0.39, 0.29) is 5.91 Å².